The lowest BCUT2D eigenvalue weighted by molar-refractivity contribution is -0.117. The van der Waals surface area contributed by atoms with Gasteiger partial charge in [0.15, 0.2) is 0 Å². The van der Waals surface area contributed by atoms with E-state index in [0.29, 0.717) is 6.54 Å². The second-order valence-corrected chi connectivity index (χ2v) is 4.75. The standard InChI is InChI=1S/C11H11BrN2O3/c12-7-1-3-9(4-2-7)14-6-8(5-10(14)15)13-11(16)17/h1-4,8,13H,5-6H2,(H,16,17)/t8-/m1/s1. The van der Waals surface area contributed by atoms with Gasteiger partial charge in [-0.1, -0.05) is 15.9 Å². The minimum absolute atomic E-state index is 0.0638. The molecular weight excluding hydrogens is 288 g/mol. The van der Waals surface area contributed by atoms with Gasteiger partial charge in [-0.15, -0.1) is 0 Å². The van der Waals surface area contributed by atoms with Gasteiger partial charge in [0, 0.05) is 23.1 Å². The van der Waals surface area contributed by atoms with E-state index >= 15 is 0 Å². The predicted octanol–water partition coefficient (Wildman–Crippen LogP) is 1.82. The lowest BCUT2D eigenvalue weighted by Gasteiger charge is -2.16. The maximum Gasteiger partial charge on any atom is 0.404 e. The molecular formula is C11H11BrN2O3. The van der Waals surface area contributed by atoms with E-state index in [1.54, 1.807) is 4.90 Å². The average molecular weight is 299 g/mol. The highest BCUT2D eigenvalue weighted by atomic mass is 79.9. The highest BCUT2D eigenvalue weighted by molar-refractivity contribution is 9.10. The fourth-order valence-corrected chi connectivity index (χ4v) is 2.11. The monoisotopic (exact) mass is 298 g/mol. The van der Waals surface area contributed by atoms with Crippen LogP contribution >= 0.6 is 15.9 Å². The van der Waals surface area contributed by atoms with Crippen LogP contribution in [0.15, 0.2) is 28.7 Å². The summed E-state index contributed by atoms with van der Waals surface area (Å²) in [5.74, 6) is -0.0638. The zero-order chi connectivity index (χ0) is 12.4. The van der Waals surface area contributed by atoms with Crippen LogP contribution in [0.5, 0.6) is 0 Å². The Morgan fingerprint density at radius 1 is 1.41 bits per heavy atom. The number of carbonyl (C=O) groups excluding carboxylic acids is 1. The van der Waals surface area contributed by atoms with Crippen LogP contribution in [0.3, 0.4) is 0 Å². The van der Waals surface area contributed by atoms with Crippen molar-refractivity contribution < 1.29 is 14.7 Å². The number of rotatable bonds is 2. The molecule has 0 saturated carbocycles. The number of benzene rings is 1. The van der Waals surface area contributed by atoms with E-state index in [0.717, 1.165) is 10.2 Å². The van der Waals surface area contributed by atoms with Crippen LogP contribution in [0.1, 0.15) is 6.42 Å². The molecule has 1 saturated heterocycles. The number of anilines is 1. The van der Waals surface area contributed by atoms with Crippen LogP contribution in [0, 0.1) is 0 Å². The molecule has 2 amide bonds. The van der Waals surface area contributed by atoms with Gasteiger partial charge in [0.05, 0.1) is 6.04 Å². The van der Waals surface area contributed by atoms with Gasteiger partial charge in [0.1, 0.15) is 0 Å². The summed E-state index contributed by atoms with van der Waals surface area (Å²) in [5.41, 5.74) is 0.785. The molecule has 1 aliphatic rings. The van der Waals surface area contributed by atoms with Crippen LogP contribution in [0.4, 0.5) is 10.5 Å². The molecule has 1 aliphatic heterocycles. The highest BCUT2D eigenvalue weighted by Gasteiger charge is 2.31. The van der Waals surface area contributed by atoms with Crippen molar-refractivity contribution >= 4 is 33.6 Å². The Bertz CT molecular complexity index is 447. The third-order valence-electron chi connectivity index (χ3n) is 2.59. The highest BCUT2D eigenvalue weighted by Crippen LogP contribution is 2.23. The maximum atomic E-state index is 11.7. The fourth-order valence-electron chi connectivity index (χ4n) is 1.85. The maximum absolute atomic E-state index is 11.7. The van der Waals surface area contributed by atoms with Gasteiger partial charge < -0.3 is 15.3 Å². The number of amides is 2. The van der Waals surface area contributed by atoms with Crippen molar-refractivity contribution in [2.75, 3.05) is 11.4 Å². The molecule has 2 rings (SSSR count). The first-order valence-electron chi connectivity index (χ1n) is 5.11. The van der Waals surface area contributed by atoms with Crippen molar-refractivity contribution in [1.82, 2.24) is 5.32 Å². The number of halogens is 1. The fraction of sp³-hybridized carbons (Fsp3) is 0.273. The van der Waals surface area contributed by atoms with Gasteiger partial charge in [-0.2, -0.15) is 0 Å². The number of nitrogens with one attached hydrogen (secondary N) is 1. The molecule has 5 nitrogen and oxygen atoms in total. The van der Waals surface area contributed by atoms with E-state index in [2.05, 4.69) is 21.2 Å². The van der Waals surface area contributed by atoms with Crippen molar-refractivity contribution in [1.29, 1.82) is 0 Å². The third kappa shape index (κ3) is 2.76. The molecule has 1 aromatic carbocycles. The Kier molecular flexibility index (Phi) is 3.33. The smallest absolute Gasteiger partial charge is 0.404 e. The van der Waals surface area contributed by atoms with E-state index in [-0.39, 0.29) is 18.4 Å². The second kappa shape index (κ2) is 4.75. The minimum atomic E-state index is -1.10. The van der Waals surface area contributed by atoms with Gasteiger partial charge in [-0.3, -0.25) is 4.79 Å². The Hall–Kier alpha value is -1.56. The summed E-state index contributed by atoms with van der Waals surface area (Å²) in [4.78, 5) is 23.8. The molecule has 1 heterocycles. The van der Waals surface area contributed by atoms with Crippen LogP contribution in [0.25, 0.3) is 0 Å². The Morgan fingerprint density at radius 2 is 2.06 bits per heavy atom. The van der Waals surface area contributed by atoms with Crippen molar-refractivity contribution in [2.45, 2.75) is 12.5 Å². The first kappa shape index (κ1) is 11.9. The van der Waals surface area contributed by atoms with Gasteiger partial charge in [0.25, 0.3) is 0 Å². The van der Waals surface area contributed by atoms with Gasteiger partial charge >= 0.3 is 6.09 Å². The van der Waals surface area contributed by atoms with Crippen molar-refractivity contribution in [2.24, 2.45) is 0 Å². The summed E-state index contributed by atoms with van der Waals surface area (Å²) in [5, 5.41) is 10.9. The number of carboxylic acid groups (broad SMARTS) is 1. The van der Waals surface area contributed by atoms with Crippen molar-refractivity contribution in [3.05, 3.63) is 28.7 Å². The minimum Gasteiger partial charge on any atom is -0.465 e. The summed E-state index contributed by atoms with van der Waals surface area (Å²) >= 11 is 3.32. The van der Waals surface area contributed by atoms with E-state index in [9.17, 15) is 9.59 Å². The molecule has 0 bridgehead atoms. The van der Waals surface area contributed by atoms with E-state index in [4.69, 9.17) is 5.11 Å². The quantitative estimate of drug-likeness (QED) is 0.875. The molecule has 1 aromatic rings. The number of nitrogens with zero attached hydrogens (tertiary/aromatic N) is 1. The molecule has 0 unspecified atom stereocenters. The summed E-state index contributed by atoms with van der Waals surface area (Å²) in [6.45, 7) is 0.382. The molecule has 90 valence electrons. The summed E-state index contributed by atoms with van der Waals surface area (Å²) in [6.07, 6.45) is -0.886. The lowest BCUT2D eigenvalue weighted by atomic mass is 10.3. The van der Waals surface area contributed by atoms with Crippen LogP contribution in [0.2, 0.25) is 0 Å². The topological polar surface area (TPSA) is 69.6 Å². The number of carbonyl (C=O) groups is 2. The SMILES string of the molecule is O=C(O)N[C@@H]1CC(=O)N(c2ccc(Br)cc2)C1. The second-order valence-electron chi connectivity index (χ2n) is 3.83. The normalized spacial score (nSPS) is 19.5. The van der Waals surface area contributed by atoms with Crippen molar-refractivity contribution in [3.63, 3.8) is 0 Å². The van der Waals surface area contributed by atoms with Gasteiger partial charge in [0.2, 0.25) is 5.91 Å². The summed E-state index contributed by atoms with van der Waals surface area (Å²) in [7, 11) is 0. The Morgan fingerprint density at radius 3 is 2.65 bits per heavy atom. The number of hydrogen-bond acceptors (Lipinski definition) is 2. The summed E-state index contributed by atoms with van der Waals surface area (Å²) < 4.78 is 0.938. The molecule has 17 heavy (non-hydrogen) atoms. The van der Waals surface area contributed by atoms with Gasteiger partial charge in [-0.25, -0.2) is 4.79 Å². The first-order chi connectivity index (χ1) is 8.06. The molecule has 6 heteroatoms. The molecule has 0 radical (unpaired) electrons. The van der Waals surface area contributed by atoms with Crippen LogP contribution in [-0.2, 0) is 4.79 Å². The lowest BCUT2D eigenvalue weighted by Crippen LogP contribution is -2.36. The zero-order valence-corrected chi connectivity index (χ0v) is 10.5. The van der Waals surface area contributed by atoms with E-state index in [1.807, 2.05) is 24.3 Å². The summed E-state index contributed by atoms with van der Waals surface area (Å²) in [6, 6.07) is 7.01. The average Bonchev–Trinajstić information content (AvgIpc) is 2.59. The van der Waals surface area contributed by atoms with Crippen molar-refractivity contribution in [3.8, 4) is 0 Å². The zero-order valence-electron chi connectivity index (χ0n) is 8.89. The number of hydrogen-bond donors (Lipinski definition) is 2. The third-order valence-corrected chi connectivity index (χ3v) is 3.12. The molecule has 1 fully saturated rings. The van der Waals surface area contributed by atoms with Crippen LogP contribution < -0.4 is 10.2 Å². The predicted molar refractivity (Wildman–Crippen MR) is 66.1 cm³/mol. The molecule has 0 spiro atoms. The van der Waals surface area contributed by atoms with Crippen LogP contribution in [-0.4, -0.2) is 29.7 Å². The van der Waals surface area contributed by atoms with E-state index in [1.165, 1.54) is 0 Å². The van der Waals surface area contributed by atoms with E-state index < -0.39 is 6.09 Å². The molecule has 2 N–H and O–H groups in total. The first-order valence-corrected chi connectivity index (χ1v) is 5.91. The molecule has 0 aliphatic carbocycles. The Labute approximate surface area is 107 Å². The Balaban J connectivity index is 2.10. The largest absolute Gasteiger partial charge is 0.465 e. The van der Waals surface area contributed by atoms with Gasteiger partial charge in [-0.05, 0) is 24.3 Å². The molecule has 1 atom stereocenters. The molecule has 0 aromatic heterocycles.